The van der Waals surface area contributed by atoms with E-state index < -0.39 is 11.9 Å². The molecule has 2 atom stereocenters. The first-order chi connectivity index (χ1) is 11.9. The molecule has 1 aliphatic heterocycles. The minimum absolute atomic E-state index is 0.199. The van der Waals surface area contributed by atoms with E-state index in [1.165, 1.54) is 12.1 Å². The number of aliphatic carboxylic acids is 1. The average molecular weight is 345 g/mol. The molecular formula is C19H24FN3O2. The number of likely N-dealkylation sites (tertiary alicyclic amines) is 1. The van der Waals surface area contributed by atoms with Crippen molar-refractivity contribution in [1.82, 2.24) is 14.5 Å². The molecule has 1 aliphatic rings. The van der Waals surface area contributed by atoms with Crippen LogP contribution in [0.2, 0.25) is 0 Å². The predicted octanol–water partition coefficient (Wildman–Crippen LogP) is 2.98. The Bertz CT molecular complexity index is 744. The quantitative estimate of drug-likeness (QED) is 0.874. The smallest absolute Gasteiger partial charge is 0.308 e. The Balaban J connectivity index is 1.77. The summed E-state index contributed by atoms with van der Waals surface area (Å²) in [5.74, 6) is -1.36. The number of rotatable bonds is 6. The fourth-order valence-corrected chi connectivity index (χ4v) is 3.61. The van der Waals surface area contributed by atoms with Gasteiger partial charge >= 0.3 is 5.97 Å². The fraction of sp³-hybridized carbons (Fsp3) is 0.474. The van der Waals surface area contributed by atoms with Crippen LogP contribution in [0.3, 0.4) is 0 Å². The number of halogens is 1. The summed E-state index contributed by atoms with van der Waals surface area (Å²) in [5.41, 5.74) is 1.84. The van der Waals surface area contributed by atoms with E-state index in [2.05, 4.69) is 28.3 Å². The highest BCUT2D eigenvalue weighted by Crippen LogP contribution is 2.34. The van der Waals surface area contributed by atoms with E-state index in [-0.39, 0.29) is 11.7 Å². The maximum atomic E-state index is 13.6. The first-order valence-corrected chi connectivity index (χ1v) is 8.63. The zero-order valence-corrected chi connectivity index (χ0v) is 14.6. The molecule has 1 saturated heterocycles. The number of imidazole rings is 1. The van der Waals surface area contributed by atoms with Crippen molar-refractivity contribution in [1.29, 1.82) is 0 Å². The Labute approximate surface area is 147 Å². The molecule has 25 heavy (non-hydrogen) atoms. The van der Waals surface area contributed by atoms with Crippen LogP contribution in [0.5, 0.6) is 0 Å². The molecule has 0 bridgehead atoms. The molecule has 134 valence electrons. The summed E-state index contributed by atoms with van der Waals surface area (Å²) in [4.78, 5) is 18.1. The highest BCUT2D eigenvalue weighted by molar-refractivity contribution is 5.72. The Hall–Kier alpha value is -2.21. The maximum absolute atomic E-state index is 13.6. The molecule has 0 amide bonds. The van der Waals surface area contributed by atoms with Crippen molar-refractivity contribution in [2.75, 3.05) is 13.1 Å². The first-order valence-electron chi connectivity index (χ1n) is 8.63. The van der Waals surface area contributed by atoms with Crippen molar-refractivity contribution in [3.63, 3.8) is 0 Å². The van der Waals surface area contributed by atoms with Crippen LogP contribution in [0, 0.1) is 17.7 Å². The monoisotopic (exact) mass is 345 g/mol. The maximum Gasteiger partial charge on any atom is 0.308 e. The van der Waals surface area contributed by atoms with E-state index in [0.29, 0.717) is 25.6 Å². The number of carboxylic acids is 1. The summed E-state index contributed by atoms with van der Waals surface area (Å²) < 4.78 is 15.7. The third-order valence-electron chi connectivity index (χ3n) is 4.74. The molecule has 1 N–H and O–H groups in total. The number of hydrogen-bond donors (Lipinski definition) is 1. The molecule has 1 fully saturated rings. The molecule has 5 nitrogen and oxygen atoms in total. The molecule has 0 unspecified atom stereocenters. The zero-order chi connectivity index (χ0) is 18.0. The summed E-state index contributed by atoms with van der Waals surface area (Å²) in [5, 5.41) is 9.59. The summed E-state index contributed by atoms with van der Waals surface area (Å²) in [6, 6.07) is 6.30. The molecule has 1 aromatic heterocycles. The van der Waals surface area contributed by atoms with Crippen LogP contribution in [0.4, 0.5) is 4.39 Å². The molecule has 0 saturated carbocycles. The van der Waals surface area contributed by atoms with Crippen LogP contribution < -0.4 is 0 Å². The van der Waals surface area contributed by atoms with Gasteiger partial charge < -0.3 is 9.67 Å². The van der Waals surface area contributed by atoms with Crippen LogP contribution in [0.25, 0.3) is 0 Å². The molecular weight excluding hydrogens is 321 g/mol. The largest absolute Gasteiger partial charge is 0.481 e. The Kier molecular flexibility index (Phi) is 5.18. The van der Waals surface area contributed by atoms with Crippen molar-refractivity contribution < 1.29 is 14.3 Å². The van der Waals surface area contributed by atoms with E-state index in [4.69, 9.17) is 0 Å². The highest BCUT2D eigenvalue weighted by Gasteiger charge is 2.38. The molecule has 1 aromatic carbocycles. The van der Waals surface area contributed by atoms with Gasteiger partial charge in [0.1, 0.15) is 5.82 Å². The lowest BCUT2D eigenvalue weighted by atomic mass is 9.89. The predicted molar refractivity (Wildman–Crippen MR) is 92.6 cm³/mol. The van der Waals surface area contributed by atoms with E-state index in [0.717, 1.165) is 17.8 Å². The van der Waals surface area contributed by atoms with Gasteiger partial charge in [-0.25, -0.2) is 9.37 Å². The molecule has 0 spiro atoms. The average Bonchev–Trinajstić information content (AvgIpc) is 3.15. The summed E-state index contributed by atoms with van der Waals surface area (Å²) in [7, 11) is 0. The van der Waals surface area contributed by atoms with Crippen molar-refractivity contribution >= 4 is 5.97 Å². The van der Waals surface area contributed by atoms with Crippen LogP contribution in [-0.2, 0) is 17.9 Å². The Morgan fingerprint density at radius 3 is 2.88 bits per heavy atom. The topological polar surface area (TPSA) is 58.4 Å². The van der Waals surface area contributed by atoms with Crippen LogP contribution in [0.1, 0.15) is 31.0 Å². The van der Waals surface area contributed by atoms with E-state index in [9.17, 15) is 14.3 Å². The van der Waals surface area contributed by atoms with Gasteiger partial charge in [-0.05, 0) is 23.6 Å². The van der Waals surface area contributed by atoms with Crippen LogP contribution in [0.15, 0.2) is 36.8 Å². The summed E-state index contributed by atoms with van der Waals surface area (Å²) >= 11 is 0. The minimum Gasteiger partial charge on any atom is -0.481 e. The lowest BCUT2D eigenvalue weighted by molar-refractivity contribution is -0.141. The molecule has 3 rings (SSSR count). The van der Waals surface area contributed by atoms with Gasteiger partial charge in [0.15, 0.2) is 0 Å². The first kappa shape index (κ1) is 17.6. The van der Waals surface area contributed by atoms with Gasteiger partial charge in [0, 0.05) is 38.3 Å². The highest BCUT2D eigenvalue weighted by atomic mass is 19.1. The molecule has 0 radical (unpaired) electrons. The van der Waals surface area contributed by atoms with E-state index in [1.54, 1.807) is 6.07 Å². The van der Waals surface area contributed by atoms with Gasteiger partial charge in [0.2, 0.25) is 0 Å². The second-order valence-corrected chi connectivity index (χ2v) is 7.23. The number of benzene rings is 1. The van der Waals surface area contributed by atoms with Gasteiger partial charge in [0.25, 0.3) is 0 Å². The lowest BCUT2D eigenvalue weighted by Crippen LogP contribution is -2.24. The lowest BCUT2D eigenvalue weighted by Gasteiger charge is -2.18. The van der Waals surface area contributed by atoms with Gasteiger partial charge in [-0.15, -0.1) is 0 Å². The molecule has 0 aliphatic carbocycles. The number of carboxylic acid groups (broad SMARTS) is 1. The molecule has 2 heterocycles. The summed E-state index contributed by atoms with van der Waals surface area (Å²) in [6.07, 6.45) is 3.66. The number of nitrogens with zero attached hydrogens (tertiary/aromatic N) is 3. The van der Waals surface area contributed by atoms with Crippen molar-refractivity contribution in [3.8, 4) is 0 Å². The Morgan fingerprint density at radius 2 is 2.20 bits per heavy atom. The van der Waals surface area contributed by atoms with Gasteiger partial charge in [-0.1, -0.05) is 26.0 Å². The second-order valence-electron chi connectivity index (χ2n) is 7.23. The third kappa shape index (κ3) is 4.07. The van der Waals surface area contributed by atoms with Gasteiger partial charge in [-0.3, -0.25) is 9.69 Å². The van der Waals surface area contributed by atoms with Gasteiger partial charge in [-0.2, -0.15) is 0 Å². The van der Waals surface area contributed by atoms with E-state index in [1.807, 2.05) is 18.6 Å². The zero-order valence-electron chi connectivity index (χ0n) is 14.6. The van der Waals surface area contributed by atoms with Crippen LogP contribution in [-0.4, -0.2) is 38.6 Å². The van der Waals surface area contributed by atoms with E-state index >= 15 is 0 Å². The SMILES string of the molecule is CC(C)Cn1cncc1CN1C[C@@H](C(=O)O)[C@H](c2cccc(F)c2)C1. The number of carbonyl (C=O) groups is 1. The van der Waals surface area contributed by atoms with Gasteiger partial charge in [0.05, 0.1) is 17.9 Å². The second kappa shape index (κ2) is 7.35. The fourth-order valence-electron chi connectivity index (χ4n) is 3.61. The van der Waals surface area contributed by atoms with Crippen molar-refractivity contribution in [3.05, 3.63) is 53.9 Å². The normalized spacial score (nSPS) is 21.1. The number of aromatic nitrogens is 2. The molecule has 6 heteroatoms. The standard InChI is InChI=1S/C19H24FN3O2/c1-13(2)8-23-12-21-7-16(23)9-22-10-17(18(11-22)19(24)25)14-4-3-5-15(20)6-14/h3-7,12-13,17-18H,8-11H2,1-2H3,(H,24,25)/t17-,18+/m0/s1. The van der Waals surface area contributed by atoms with Crippen molar-refractivity contribution in [2.45, 2.75) is 32.9 Å². The minimum atomic E-state index is -0.826. The summed E-state index contributed by atoms with van der Waals surface area (Å²) in [6.45, 7) is 6.91. The number of hydrogen-bond acceptors (Lipinski definition) is 3. The third-order valence-corrected chi connectivity index (χ3v) is 4.74. The van der Waals surface area contributed by atoms with Crippen molar-refractivity contribution in [2.24, 2.45) is 11.8 Å². The Morgan fingerprint density at radius 1 is 1.40 bits per heavy atom. The van der Waals surface area contributed by atoms with Crippen LogP contribution >= 0.6 is 0 Å². The molecule has 2 aromatic rings.